The largest absolute Gasteiger partial charge is 0.374 e. The van der Waals surface area contributed by atoms with E-state index in [2.05, 4.69) is 27.2 Å². The predicted molar refractivity (Wildman–Crippen MR) is 78.7 cm³/mol. The normalized spacial score (nSPS) is 25.4. The van der Waals surface area contributed by atoms with Crippen molar-refractivity contribution < 1.29 is 4.74 Å². The molecule has 2 fully saturated rings. The molecule has 2 heterocycles. The molecule has 0 radical (unpaired) electrons. The van der Waals surface area contributed by atoms with E-state index in [4.69, 9.17) is 9.84 Å². The summed E-state index contributed by atoms with van der Waals surface area (Å²) >= 11 is 0. The molecule has 3 rings (SSSR count). The van der Waals surface area contributed by atoms with Crippen LogP contribution in [0.3, 0.4) is 0 Å². The first-order valence-electron chi connectivity index (χ1n) is 7.88. The monoisotopic (exact) mass is 278 g/mol. The molecule has 0 amide bonds. The summed E-state index contributed by atoms with van der Waals surface area (Å²) in [6.07, 6.45) is 7.78. The van der Waals surface area contributed by atoms with Crippen molar-refractivity contribution in [2.75, 3.05) is 33.3 Å². The smallest absolute Gasteiger partial charge is 0.0826 e. The molecule has 0 spiro atoms. The van der Waals surface area contributed by atoms with Gasteiger partial charge in [0, 0.05) is 32.4 Å². The van der Waals surface area contributed by atoms with E-state index >= 15 is 0 Å². The lowest BCUT2D eigenvalue weighted by Crippen LogP contribution is -2.45. The van der Waals surface area contributed by atoms with Crippen molar-refractivity contribution in [1.29, 1.82) is 0 Å². The van der Waals surface area contributed by atoms with Crippen molar-refractivity contribution in [3.63, 3.8) is 0 Å². The Balaban J connectivity index is 1.54. The van der Waals surface area contributed by atoms with Gasteiger partial charge in [0.1, 0.15) is 0 Å². The predicted octanol–water partition coefficient (Wildman–Crippen LogP) is 1.42. The average Bonchev–Trinajstić information content (AvgIpc) is 3.10. The van der Waals surface area contributed by atoms with Gasteiger partial charge in [-0.2, -0.15) is 5.10 Å². The molecule has 1 atom stereocenters. The van der Waals surface area contributed by atoms with E-state index in [1.807, 2.05) is 7.05 Å². The lowest BCUT2D eigenvalue weighted by Gasteiger charge is -2.32. The van der Waals surface area contributed by atoms with Crippen LogP contribution in [0, 0.1) is 0 Å². The number of likely N-dealkylation sites (N-methyl/N-ethyl adjacent to an activating group) is 1. The van der Waals surface area contributed by atoms with Crippen LogP contribution in [0.4, 0.5) is 0 Å². The van der Waals surface area contributed by atoms with E-state index in [0.717, 1.165) is 32.8 Å². The topological polar surface area (TPSA) is 42.3 Å². The highest BCUT2D eigenvalue weighted by atomic mass is 16.5. The second-order valence-electron chi connectivity index (χ2n) is 6.01. The van der Waals surface area contributed by atoms with Gasteiger partial charge in [0.25, 0.3) is 0 Å². The van der Waals surface area contributed by atoms with Gasteiger partial charge in [0.15, 0.2) is 0 Å². The van der Waals surface area contributed by atoms with Gasteiger partial charge in [-0.05, 0) is 26.0 Å². The molecule has 1 aromatic heterocycles. The molecule has 1 saturated heterocycles. The molecule has 5 nitrogen and oxygen atoms in total. The Morgan fingerprint density at radius 2 is 2.25 bits per heavy atom. The van der Waals surface area contributed by atoms with Crippen molar-refractivity contribution in [3.05, 3.63) is 18.0 Å². The zero-order valence-electron chi connectivity index (χ0n) is 12.4. The highest BCUT2D eigenvalue weighted by molar-refractivity contribution is 5.00. The van der Waals surface area contributed by atoms with Crippen molar-refractivity contribution in [3.8, 4) is 0 Å². The Hall–Kier alpha value is -0.910. The number of aromatic nitrogens is 2. The zero-order chi connectivity index (χ0) is 13.8. The highest BCUT2D eigenvalue weighted by Gasteiger charge is 2.21. The van der Waals surface area contributed by atoms with Gasteiger partial charge in [-0.3, -0.25) is 9.58 Å². The molecule has 20 heavy (non-hydrogen) atoms. The number of nitrogens with one attached hydrogen (secondary N) is 1. The van der Waals surface area contributed by atoms with Crippen LogP contribution in [0.1, 0.15) is 37.4 Å². The number of hydrogen-bond donors (Lipinski definition) is 1. The van der Waals surface area contributed by atoms with Gasteiger partial charge in [0.05, 0.1) is 24.4 Å². The van der Waals surface area contributed by atoms with E-state index < -0.39 is 0 Å². The summed E-state index contributed by atoms with van der Waals surface area (Å²) in [5.74, 6) is 0. The van der Waals surface area contributed by atoms with Crippen LogP contribution >= 0.6 is 0 Å². The summed E-state index contributed by atoms with van der Waals surface area (Å²) in [7, 11) is 1.98. The molecule has 1 aliphatic heterocycles. The Bertz CT molecular complexity index is 412. The van der Waals surface area contributed by atoms with E-state index in [1.54, 1.807) is 0 Å². The van der Waals surface area contributed by atoms with Crippen LogP contribution in [0.5, 0.6) is 0 Å². The summed E-state index contributed by atoms with van der Waals surface area (Å²) in [4.78, 5) is 2.45. The third-order valence-electron chi connectivity index (χ3n) is 4.40. The highest BCUT2D eigenvalue weighted by Crippen LogP contribution is 2.28. The molecule has 1 aromatic rings. The number of rotatable bonds is 5. The molecule has 1 N–H and O–H groups in total. The molecule has 112 valence electrons. The first-order valence-corrected chi connectivity index (χ1v) is 7.88. The Morgan fingerprint density at radius 1 is 1.40 bits per heavy atom. The fourth-order valence-corrected chi connectivity index (χ4v) is 3.34. The van der Waals surface area contributed by atoms with Crippen LogP contribution in [0.2, 0.25) is 0 Å². The number of morpholine rings is 1. The molecule has 5 heteroatoms. The first-order chi connectivity index (χ1) is 9.85. The van der Waals surface area contributed by atoms with Gasteiger partial charge >= 0.3 is 0 Å². The molecule has 0 aromatic carbocycles. The van der Waals surface area contributed by atoms with E-state index in [-0.39, 0.29) is 0 Å². The van der Waals surface area contributed by atoms with Gasteiger partial charge in [-0.15, -0.1) is 0 Å². The van der Waals surface area contributed by atoms with Crippen LogP contribution < -0.4 is 5.32 Å². The van der Waals surface area contributed by atoms with Gasteiger partial charge < -0.3 is 10.1 Å². The summed E-state index contributed by atoms with van der Waals surface area (Å²) in [5.41, 5.74) is 1.20. The van der Waals surface area contributed by atoms with E-state index in [1.165, 1.54) is 31.4 Å². The number of nitrogens with zero attached hydrogens (tertiary/aromatic N) is 3. The fraction of sp³-hybridized carbons (Fsp3) is 0.800. The standard InChI is InChI=1S/C15H26N4O/c1-16-10-15-12-18(8-9-20-15)11-13-6-7-19(17-13)14-4-2-3-5-14/h6-7,14-16H,2-5,8-12H2,1H3. The quantitative estimate of drug-likeness (QED) is 0.884. The van der Waals surface area contributed by atoms with Crippen LogP contribution in [-0.2, 0) is 11.3 Å². The molecular weight excluding hydrogens is 252 g/mol. The number of ether oxygens (including phenoxy) is 1. The third kappa shape index (κ3) is 3.40. The minimum atomic E-state index is 0.311. The second kappa shape index (κ2) is 6.70. The zero-order valence-corrected chi connectivity index (χ0v) is 12.4. The van der Waals surface area contributed by atoms with Crippen LogP contribution in [-0.4, -0.2) is 54.1 Å². The van der Waals surface area contributed by atoms with Crippen molar-refractivity contribution in [1.82, 2.24) is 20.0 Å². The van der Waals surface area contributed by atoms with Gasteiger partial charge in [0.2, 0.25) is 0 Å². The van der Waals surface area contributed by atoms with Gasteiger partial charge in [-0.1, -0.05) is 12.8 Å². The van der Waals surface area contributed by atoms with Crippen molar-refractivity contribution >= 4 is 0 Å². The Labute approximate surface area is 121 Å². The summed E-state index contributed by atoms with van der Waals surface area (Å²) < 4.78 is 7.93. The molecule has 1 aliphatic carbocycles. The van der Waals surface area contributed by atoms with Crippen LogP contribution in [0.25, 0.3) is 0 Å². The lowest BCUT2D eigenvalue weighted by molar-refractivity contribution is -0.0295. The van der Waals surface area contributed by atoms with E-state index in [9.17, 15) is 0 Å². The Kier molecular flexibility index (Phi) is 4.70. The molecule has 1 unspecified atom stereocenters. The maximum atomic E-state index is 5.74. The first kappa shape index (κ1) is 14.0. The minimum absolute atomic E-state index is 0.311. The average molecular weight is 278 g/mol. The Morgan fingerprint density at radius 3 is 3.05 bits per heavy atom. The molecule has 2 aliphatic rings. The van der Waals surface area contributed by atoms with Crippen LogP contribution in [0.15, 0.2) is 12.3 Å². The maximum absolute atomic E-state index is 5.74. The maximum Gasteiger partial charge on any atom is 0.0826 e. The molecule has 1 saturated carbocycles. The summed E-state index contributed by atoms with van der Waals surface area (Å²) in [6.45, 7) is 4.71. The second-order valence-corrected chi connectivity index (χ2v) is 6.01. The summed E-state index contributed by atoms with van der Waals surface area (Å²) in [6, 6.07) is 2.83. The van der Waals surface area contributed by atoms with Crippen molar-refractivity contribution in [2.24, 2.45) is 0 Å². The minimum Gasteiger partial charge on any atom is -0.374 e. The van der Waals surface area contributed by atoms with E-state index in [0.29, 0.717) is 12.1 Å². The molecule has 0 bridgehead atoms. The summed E-state index contributed by atoms with van der Waals surface area (Å²) in [5, 5.41) is 7.97. The SMILES string of the molecule is CNCC1CN(Cc2ccn(C3CCCC3)n2)CCO1. The lowest BCUT2D eigenvalue weighted by atomic mass is 10.2. The fourth-order valence-electron chi connectivity index (χ4n) is 3.34. The third-order valence-corrected chi connectivity index (χ3v) is 4.40. The number of hydrogen-bond acceptors (Lipinski definition) is 4. The van der Waals surface area contributed by atoms with Crippen molar-refractivity contribution in [2.45, 2.75) is 44.4 Å². The molecular formula is C15H26N4O. The van der Waals surface area contributed by atoms with Gasteiger partial charge in [-0.25, -0.2) is 0 Å².